The summed E-state index contributed by atoms with van der Waals surface area (Å²) in [5.74, 6) is -0.368. The van der Waals surface area contributed by atoms with Gasteiger partial charge in [-0.25, -0.2) is 9.18 Å². The molecule has 0 saturated heterocycles. The Morgan fingerprint density at radius 3 is 2.64 bits per heavy atom. The number of nitriles is 1. The van der Waals surface area contributed by atoms with E-state index in [1.807, 2.05) is 0 Å². The molecule has 0 heterocycles. The number of urea groups is 1. The molecule has 2 N–H and O–H groups in total. The second-order valence-corrected chi connectivity index (χ2v) is 2.47. The first kappa shape index (κ1) is 9.99. The molecule has 0 saturated carbocycles. The number of halogens is 1. The van der Waals surface area contributed by atoms with Gasteiger partial charge >= 0.3 is 6.03 Å². The van der Waals surface area contributed by atoms with Gasteiger partial charge in [0.05, 0.1) is 6.07 Å². The van der Waals surface area contributed by atoms with Crippen LogP contribution in [0.5, 0.6) is 0 Å². The summed E-state index contributed by atoms with van der Waals surface area (Å²) < 4.78 is 12.5. The number of anilines is 1. The fourth-order valence-electron chi connectivity index (χ4n) is 0.828. The number of carbonyl (C=O) groups is 1. The zero-order chi connectivity index (χ0) is 10.4. The molecule has 0 fully saturated rings. The number of benzene rings is 1. The minimum Gasteiger partial charge on any atom is -0.325 e. The van der Waals surface area contributed by atoms with Gasteiger partial charge in [0.2, 0.25) is 0 Å². The molecule has 4 nitrogen and oxygen atoms in total. The molecular weight excluding hydrogens is 185 g/mol. The second kappa shape index (κ2) is 4.82. The van der Waals surface area contributed by atoms with E-state index in [0.29, 0.717) is 5.69 Å². The average molecular weight is 193 g/mol. The predicted molar refractivity (Wildman–Crippen MR) is 49.0 cm³/mol. The standard InChI is InChI=1S/C9H8FN3O/c10-7-1-3-8(4-2-7)13-9(14)12-6-5-11/h1-4H,6H2,(H2,12,13,14). The molecule has 1 aromatic carbocycles. The van der Waals surface area contributed by atoms with Crippen molar-refractivity contribution in [3.8, 4) is 6.07 Å². The van der Waals surface area contributed by atoms with E-state index in [0.717, 1.165) is 0 Å². The lowest BCUT2D eigenvalue weighted by molar-refractivity contribution is 0.253. The van der Waals surface area contributed by atoms with Crippen molar-refractivity contribution in [2.24, 2.45) is 0 Å². The van der Waals surface area contributed by atoms with E-state index in [2.05, 4.69) is 10.6 Å². The van der Waals surface area contributed by atoms with Gasteiger partial charge in [-0.15, -0.1) is 0 Å². The Labute approximate surface area is 80.3 Å². The summed E-state index contributed by atoms with van der Waals surface area (Å²) in [6.07, 6.45) is 0. The Kier molecular flexibility index (Phi) is 3.44. The van der Waals surface area contributed by atoms with Crippen LogP contribution in [0.25, 0.3) is 0 Å². The van der Waals surface area contributed by atoms with Crippen molar-refractivity contribution >= 4 is 11.7 Å². The van der Waals surface area contributed by atoms with E-state index in [4.69, 9.17) is 5.26 Å². The number of hydrogen-bond donors (Lipinski definition) is 2. The molecule has 0 radical (unpaired) electrons. The van der Waals surface area contributed by atoms with Gasteiger partial charge < -0.3 is 10.6 Å². The SMILES string of the molecule is N#CCNC(=O)Nc1ccc(F)cc1. The molecule has 0 aromatic heterocycles. The summed E-state index contributed by atoms with van der Waals surface area (Å²) in [7, 11) is 0. The van der Waals surface area contributed by atoms with Gasteiger partial charge in [0, 0.05) is 5.69 Å². The highest BCUT2D eigenvalue weighted by atomic mass is 19.1. The van der Waals surface area contributed by atoms with Crippen molar-refractivity contribution in [2.75, 3.05) is 11.9 Å². The number of carbonyl (C=O) groups excluding carboxylic acids is 1. The van der Waals surface area contributed by atoms with Crippen LogP contribution in [0.15, 0.2) is 24.3 Å². The molecule has 1 rings (SSSR count). The molecule has 72 valence electrons. The van der Waals surface area contributed by atoms with Gasteiger partial charge in [-0.3, -0.25) is 0 Å². The molecule has 5 heteroatoms. The smallest absolute Gasteiger partial charge is 0.320 e. The third-order valence-electron chi connectivity index (χ3n) is 1.43. The predicted octanol–water partition coefficient (Wildman–Crippen LogP) is 1.47. The summed E-state index contributed by atoms with van der Waals surface area (Å²) in [5, 5.41) is 12.9. The highest BCUT2D eigenvalue weighted by molar-refractivity contribution is 5.89. The largest absolute Gasteiger partial charge is 0.325 e. The first-order chi connectivity index (χ1) is 6.72. The lowest BCUT2D eigenvalue weighted by Gasteiger charge is -2.03. The van der Waals surface area contributed by atoms with E-state index in [-0.39, 0.29) is 12.4 Å². The molecule has 0 spiro atoms. The van der Waals surface area contributed by atoms with E-state index in [1.54, 1.807) is 6.07 Å². The van der Waals surface area contributed by atoms with Gasteiger partial charge in [-0.05, 0) is 24.3 Å². The summed E-state index contributed by atoms with van der Waals surface area (Å²) in [6.45, 7) is -0.0625. The highest BCUT2D eigenvalue weighted by Crippen LogP contribution is 2.07. The maximum atomic E-state index is 12.5. The zero-order valence-electron chi connectivity index (χ0n) is 7.25. The molecule has 0 atom stereocenters. The number of nitrogens with zero attached hydrogens (tertiary/aromatic N) is 1. The fourth-order valence-corrected chi connectivity index (χ4v) is 0.828. The van der Waals surface area contributed by atoms with Crippen LogP contribution in [0, 0.1) is 17.1 Å². The first-order valence-corrected chi connectivity index (χ1v) is 3.90. The topological polar surface area (TPSA) is 64.9 Å². The summed E-state index contributed by atoms with van der Waals surface area (Å²) in [5.41, 5.74) is 0.474. The van der Waals surface area contributed by atoms with Crippen LogP contribution in [0.3, 0.4) is 0 Å². The van der Waals surface area contributed by atoms with Crippen molar-refractivity contribution < 1.29 is 9.18 Å². The third kappa shape index (κ3) is 3.11. The van der Waals surface area contributed by atoms with Crippen LogP contribution in [0.4, 0.5) is 14.9 Å². The molecular formula is C9H8FN3O. The van der Waals surface area contributed by atoms with Crippen molar-refractivity contribution in [1.29, 1.82) is 5.26 Å². The van der Waals surface area contributed by atoms with Crippen molar-refractivity contribution in [3.63, 3.8) is 0 Å². The molecule has 0 aliphatic rings. The molecule has 1 aromatic rings. The van der Waals surface area contributed by atoms with Crippen LogP contribution in [-0.4, -0.2) is 12.6 Å². The van der Waals surface area contributed by atoms with Crippen molar-refractivity contribution in [3.05, 3.63) is 30.1 Å². The molecule has 0 aliphatic carbocycles. The Morgan fingerprint density at radius 1 is 1.43 bits per heavy atom. The van der Waals surface area contributed by atoms with Crippen LogP contribution in [0.1, 0.15) is 0 Å². The van der Waals surface area contributed by atoms with Gasteiger partial charge in [0.25, 0.3) is 0 Å². The quantitative estimate of drug-likeness (QED) is 0.698. The number of nitrogens with one attached hydrogen (secondary N) is 2. The van der Waals surface area contributed by atoms with Crippen LogP contribution in [-0.2, 0) is 0 Å². The van der Waals surface area contributed by atoms with Crippen LogP contribution < -0.4 is 10.6 Å². The Balaban J connectivity index is 2.49. The van der Waals surface area contributed by atoms with Crippen molar-refractivity contribution in [2.45, 2.75) is 0 Å². The normalized spacial score (nSPS) is 8.86. The van der Waals surface area contributed by atoms with Crippen LogP contribution >= 0.6 is 0 Å². The highest BCUT2D eigenvalue weighted by Gasteiger charge is 1.99. The maximum absolute atomic E-state index is 12.5. The number of amides is 2. The van der Waals surface area contributed by atoms with Crippen molar-refractivity contribution in [1.82, 2.24) is 5.32 Å². The Morgan fingerprint density at radius 2 is 2.07 bits per heavy atom. The van der Waals surface area contributed by atoms with Gasteiger partial charge in [0.1, 0.15) is 12.4 Å². The molecule has 0 aliphatic heterocycles. The first-order valence-electron chi connectivity index (χ1n) is 3.90. The lowest BCUT2D eigenvalue weighted by atomic mass is 10.3. The Bertz CT molecular complexity index is 355. The molecule has 14 heavy (non-hydrogen) atoms. The van der Waals surface area contributed by atoms with E-state index < -0.39 is 6.03 Å². The number of rotatable bonds is 2. The molecule has 0 unspecified atom stereocenters. The third-order valence-corrected chi connectivity index (χ3v) is 1.43. The van der Waals surface area contributed by atoms with E-state index in [1.165, 1.54) is 24.3 Å². The Hall–Kier alpha value is -2.09. The fraction of sp³-hybridized carbons (Fsp3) is 0.111. The van der Waals surface area contributed by atoms with Crippen LogP contribution in [0.2, 0.25) is 0 Å². The van der Waals surface area contributed by atoms with Gasteiger partial charge in [0.15, 0.2) is 0 Å². The average Bonchev–Trinajstić information content (AvgIpc) is 2.18. The maximum Gasteiger partial charge on any atom is 0.320 e. The summed E-state index contributed by atoms with van der Waals surface area (Å²) in [4.78, 5) is 11.0. The minimum absolute atomic E-state index is 0.0625. The van der Waals surface area contributed by atoms with E-state index in [9.17, 15) is 9.18 Å². The second-order valence-electron chi connectivity index (χ2n) is 2.47. The van der Waals surface area contributed by atoms with Gasteiger partial charge in [-0.1, -0.05) is 0 Å². The number of hydrogen-bond acceptors (Lipinski definition) is 2. The molecule has 0 bridgehead atoms. The zero-order valence-corrected chi connectivity index (χ0v) is 7.25. The minimum atomic E-state index is -0.488. The molecule has 2 amide bonds. The van der Waals surface area contributed by atoms with E-state index >= 15 is 0 Å². The summed E-state index contributed by atoms with van der Waals surface area (Å²) >= 11 is 0. The monoisotopic (exact) mass is 193 g/mol. The lowest BCUT2D eigenvalue weighted by Crippen LogP contribution is -2.28. The summed E-state index contributed by atoms with van der Waals surface area (Å²) in [6, 6.07) is 6.61. The van der Waals surface area contributed by atoms with Gasteiger partial charge in [-0.2, -0.15) is 5.26 Å².